The fourth-order valence-electron chi connectivity index (χ4n) is 3.12. The van der Waals surface area contributed by atoms with Crippen LogP contribution in [0.25, 0.3) is 10.8 Å². The van der Waals surface area contributed by atoms with Crippen molar-refractivity contribution in [3.63, 3.8) is 0 Å². The van der Waals surface area contributed by atoms with Crippen molar-refractivity contribution in [2.24, 2.45) is 0 Å². The minimum atomic E-state index is 0.0759. The number of nitrogens with one attached hydrogen (secondary N) is 1. The molecule has 0 atom stereocenters. The zero-order chi connectivity index (χ0) is 16.8. The summed E-state index contributed by atoms with van der Waals surface area (Å²) in [5.41, 5.74) is 1.33. The Bertz CT molecular complexity index is 677. The summed E-state index contributed by atoms with van der Waals surface area (Å²) in [4.78, 5) is 14.3. The van der Waals surface area contributed by atoms with Crippen LogP contribution in [0.3, 0.4) is 0 Å². The molecule has 2 aromatic carbocycles. The van der Waals surface area contributed by atoms with Gasteiger partial charge in [-0.05, 0) is 35.6 Å². The van der Waals surface area contributed by atoms with E-state index in [0.29, 0.717) is 25.4 Å². The van der Waals surface area contributed by atoms with E-state index in [1.807, 2.05) is 0 Å². The molecule has 0 bridgehead atoms. The molecule has 0 heterocycles. The lowest BCUT2D eigenvalue weighted by molar-refractivity contribution is -0.121. The van der Waals surface area contributed by atoms with Gasteiger partial charge in [0.15, 0.2) is 0 Å². The smallest absolute Gasteiger partial charge is 0.221 e. The highest BCUT2D eigenvalue weighted by molar-refractivity contribution is 5.85. The second kappa shape index (κ2) is 8.27. The number of benzene rings is 2. The van der Waals surface area contributed by atoms with E-state index >= 15 is 0 Å². The number of nitrogens with zero attached hydrogens (tertiary/aromatic N) is 1. The summed E-state index contributed by atoms with van der Waals surface area (Å²) in [5, 5.41) is 14.2. The Morgan fingerprint density at radius 3 is 2.75 bits per heavy atom. The Labute approximate surface area is 143 Å². The van der Waals surface area contributed by atoms with Gasteiger partial charge >= 0.3 is 0 Å². The normalized spacial score (nSPS) is 14.2. The Hall–Kier alpha value is -1.91. The van der Waals surface area contributed by atoms with Gasteiger partial charge in [0.25, 0.3) is 0 Å². The molecule has 2 N–H and O–H groups in total. The Morgan fingerprint density at radius 2 is 1.96 bits per heavy atom. The van der Waals surface area contributed by atoms with E-state index in [0.717, 1.165) is 13.1 Å². The fourth-order valence-corrected chi connectivity index (χ4v) is 3.12. The van der Waals surface area contributed by atoms with Crippen LogP contribution in [0.1, 0.15) is 31.2 Å². The van der Waals surface area contributed by atoms with Gasteiger partial charge in [0, 0.05) is 38.7 Å². The third-order valence-electron chi connectivity index (χ3n) is 4.60. The average Bonchev–Trinajstić information content (AvgIpc) is 3.44. The average molecular weight is 326 g/mol. The Morgan fingerprint density at radius 1 is 1.17 bits per heavy atom. The second-order valence-electron chi connectivity index (χ2n) is 6.52. The van der Waals surface area contributed by atoms with Crippen LogP contribution in [0.4, 0.5) is 0 Å². The number of carbonyl (C=O) groups excluding carboxylic acids is 1. The molecule has 128 valence electrons. The summed E-state index contributed by atoms with van der Waals surface area (Å²) in [7, 11) is 0. The van der Waals surface area contributed by atoms with Crippen molar-refractivity contribution in [2.75, 3.05) is 19.7 Å². The Balaban J connectivity index is 1.61. The van der Waals surface area contributed by atoms with Crippen LogP contribution in [-0.4, -0.2) is 41.7 Å². The van der Waals surface area contributed by atoms with Crippen molar-refractivity contribution in [1.29, 1.82) is 0 Å². The molecule has 0 saturated heterocycles. The third-order valence-corrected chi connectivity index (χ3v) is 4.60. The first kappa shape index (κ1) is 16.9. The first-order valence-corrected chi connectivity index (χ1v) is 8.86. The molecule has 1 amide bonds. The van der Waals surface area contributed by atoms with Crippen LogP contribution >= 0.6 is 0 Å². The van der Waals surface area contributed by atoms with Crippen LogP contribution in [0, 0.1) is 0 Å². The Kier molecular flexibility index (Phi) is 5.83. The molecule has 0 aliphatic heterocycles. The van der Waals surface area contributed by atoms with Gasteiger partial charge in [-0.1, -0.05) is 42.5 Å². The van der Waals surface area contributed by atoms with Crippen molar-refractivity contribution >= 4 is 16.7 Å². The third kappa shape index (κ3) is 4.56. The molecule has 1 saturated carbocycles. The number of hydrogen-bond acceptors (Lipinski definition) is 3. The number of fused-ring (bicyclic) bond motifs is 1. The van der Waals surface area contributed by atoms with Crippen LogP contribution < -0.4 is 5.32 Å². The van der Waals surface area contributed by atoms with E-state index in [1.165, 1.54) is 29.2 Å². The lowest BCUT2D eigenvalue weighted by atomic mass is 10.0. The molecular weight excluding hydrogens is 300 g/mol. The van der Waals surface area contributed by atoms with Crippen LogP contribution in [-0.2, 0) is 11.3 Å². The number of carbonyl (C=O) groups is 1. The summed E-state index contributed by atoms with van der Waals surface area (Å²) in [6, 6.07) is 15.6. The van der Waals surface area contributed by atoms with Crippen molar-refractivity contribution in [3.05, 3.63) is 48.0 Å². The first-order valence-electron chi connectivity index (χ1n) is 8.86. The van der Waals surface area contributed by atoms with Gasteiger partial charge in [-0.25, -0.2) is 0 Å². The van der Waals surface area contributed by atoms with Crippen LogP contribution in [0.5, 0.6) is 0 Å². The predicted molar refractivity (Wildman–Crippen MR) is 96.7 cm³/mol. The maximum Gasteiger partial charge on any atom is 0.221 e. The summed E-state index contributed by atoms with van der Waals surface area (Å²) in [5.74, 6) is 0.0759. The molecule has 1 aliphatic carbocycles. The maximum atomic E-state index is 11.9. The van der Waals surface area contributed by atoms with E-state index in [2.05, 4.69) is 52.7 Å². The summed E-state index contributed by atoms with van der Waals surface area (Å²) in [6.45, 7) is 2.37. The molecule has 3 rings (SSSR count). The summed E-state index contributed by atoms with van der Waals surface area (Å²) in [6.07, 6.45) is 3.61. The zero-order valence-electron chi connectivity index (χ0n) is 14.1. The molecule has 4 heteroatoms. The maximum absolute atomic E-state index is 11.9. The standard InChI is InChI=1S/C20H26N2O2/c23-14-4-12-21-20(24)11-13-22(18-9-10-18)15-17-7-3-6-16-5-1-2-8-19(16)17/h1-3,5-8,18,23H,4,9-15H2,(H,21,24). The topological polar surface area (TPSA) is 52.6 Å². The van der Waals surface area contributed by atoms with Gasteiger partial charge in [0.1, 0.15) is 0 Å². The van der Waals surface area contributed by atoms with Gasteiger partial charge < -0.3 is 10.4 Å². The highest BCUT2D eigenvalue weighted by Crippen LogP contribution is 2.30. The van der Waals surface area contributed by atoms with Crippen LogP contribution in [0.2, 0.25) is 0 Å². The first-order chi connectivity index (χ1) is 11.8. The number of rotatable bonds is 9. The van der Waals surface area contributed by atoms with E-state index in [1.54, 1.807) is 0 Å². The molecule has 0 aromatic heterocycles. The molecule has 0 spiro atoms. The monoisotopic (exact) mass is 326 g/mol. The number of amides is 1. The van der Waals surface area contributed by atoms with Crippen molar-refractivity contribution in [3.8, 4) is 0 Å². The van der Waals surface area contributed by atoms with Crippen molar-refractivity contribution in [1.82, 2.24) is 10.2 Å². The van der Waals surface area contributed by atoms with Gasteiger partial charge in [-0.3, -0.25) is 9.69 Å². The van der Waals surface area contributed by atoms with Crippen molar-refractivity contribution in [2.45, 2.75) is 38.3 Å². The van der Waals surface area contributed by atoms with Crippen molar-refractivity contribution < 1.29 is 9.90 Å². The van der Waals surface area contributed by atoms with Gasteiger partial charge in [-0.15, -0.1) is 0 Å². The summed E-state index contributed by atoms with van der Waals surface area (Å²) >= 11 is 0. The predicted octanol–water partition coefficient (Wildman–Crippen LogP) is 2.69. The van der Waals surface area contributed by atoms with Gasteiger partial charge in [-0.2, -0.15) is 0 Å². The highest BCUT2D eigenvalue weighted by Gasteiger charge is 2.29. The molecule has 2 aromatic rings. The SMILES string of the molecule is O=C(CCN(Cc1cccc2ccccc12)C1CC1)NCCCO. The lowest BCUT2D eigenvalue weighted by Gasteiger charge is -2.22. The van der Waals surface area contributed by atoms with Crippen LogP contribution in [0.15, 0.2) is 42.5 Å². The quantitative estimate of drug-likeness (QED) is 0.697. The zero-order valence-corrected chi connectivity index (χ0v) is 14.1. The highest BCUT2D eigenvalue weighted by atomic mass is 16.3. The van der Waals surface area contributed by atoms with E-state index in [9.17, 15) is 4.79 Å². The minimum Gasteiger partial charge on any atom is -0.396 e. The molecule has 1 aliphatic rings. The molecule has 4 nitrogen and oxygen atoms in total. The van der Waals surface area contributed by atoms with Gasteiger partial charge in [0.2, 0.25) is 5.91 Å². The molecule has 1 fully saturated rings. The number of aliphatic hydroxyl groups excluding tert-OH is 1. The lowest BCUT2D eigenvalue weighted by Crippen LogP contribution is -2.32. The molecule has 0 radical (unpaired) electrons. The molecule has 0 unspecified atom stereocenters. The minimum absolute atomic E-state index is 0.0759. The fraction of sp³-hybridized carbons (Fsp3) is 0.450. The number of aliphatic hydroxyl groups is 1. The molecule has 24 heavy (non-hydrogen) atoms. The van der Waals surface area contributed by atoms with Gasteiger partial charge in [0.05, 0.1) is 0 Å². The van der Waals surface area contributed by atoms with E-state index < -0.39 is 0 Å². The summed E-state index contributed by atoms with van der Waals surface area (Å²) < 4.78 is 0. The molecular formula is C20H26N2O2. The van der Waals surface area contributed by atoms with E-state index in [4.69, 9.17) is 5.11 Å². The second-order valence-corrected chi connectivity index (χ2v) is 6.52. The number of hydrogen-bond donors (Lipinski definition) is 2. The van der Waals surface area contributed by atoms with E-state index in [-0.39, 0.29) is 12.5 Å². The largest absolute Gasteiger partial charge is 0.396 e.